The molecule has 3 heteroatoms. The summed E-state index contributed by atoms with van der Waals surface area (Å²) in [4.78, 5) is 2.68. The highest BCUT2D eigenvalue weighted by Crippen LogP contribution is 2.35. The van der Waals surface area contributed by atoms with Gasteiger partial charge in [0, 0.05) is 25.7 Å². The largest absolute Gasteiger partial charge is 0.383 e. The molecule has 0 radical (unpaired) electrons. The zero-order valence-corrected chi connectivity index (χ0v) is 11.1. The third-order valence-electron chi connectivity index (χ3n) is 4.51. The fourth-order valence-electron chi connectivity index (χ4n) is 3.48. The molecule has 0 spiro atoms. The maximum absolute atomic E-state index is 5.39. The Morgan fingerprint density at radius 2 is 2.12 bits per heavy atom. The number of likely N-dealkylation sites (tertiary alicyclic amines) is 1. The SMILES string of the molecule is COCC(C(C)C)N1CC2CNCC2C1C. The van der Waals surface area contributed by atoms with Crippen molar-refractivity contribution in [2.24, 2.45) is 17.8 Å². The van der Waals surface area contributed by atoms with Gasteiger partial charge in [0.25, 0.3) is 0 Å². The van der Waals surface area contributed by atoms with Crippen molar-refractivity contribution in [1.29, 1.82) is 0 Å². The van der Waals surface area contributed by atoms with Gasteiger partial charge >= 0.3 is 0 Å². The van der Waals surface area contributed by atoms with Crippen molar-refractivity contribution >= 4 is 0 Å². The van der Waals surface area contributed by atoms with Crippen molar-refractivity contribution < 1.29 is 4.74 Å². The van der Waals surface area contributed by atoms with Gasteiger partial charge in [-0.3, -0.25) is 4.90 Å². The topological polar surface area (TPSA) is 24.5 Å². The van der Waals surface area contributed by atoms with Crippen LogP contribution in [0.5, 0.6) is 0 Å². The summed E-state index contributed by atoms with van der Waals surface area (Å²) < 4.78 is 5.39. The lowest BCUT2D eigenvalue weighted by Crippen LogP contribution is -2.46. The molecule has 3 nitrogen and oxygen atoms in total. The number of nitrogens with one attached hydrogen (secondary N) is 1. The Balaban J connectivity index is 2.03. The molecule has 0 bridgehead atoms. The molecule has 0 saturated carbocycles. The first-order valence-corrected chi connectivity index (χ1v) is 6.60. The molecule has 0 aromatic carbocycles. The van der Waals surface area contributed by atoms with E-state index in [2.05, 4.69) is 31.0 Å². The van der Waals surface area contributed by atoms with Crippen LogP contribution in [0, 0.1) is 17.8 Å². The van der Waals surface area contributed by atoms with E-state index in [-0.39, 0.29) is 0 Å². The van der Waals surface area contributed by atoms with Crippen molar-refractivity contribution in [2.45, 2.75) is 32.9 Å². The number of fused-ring (bicyclic) bond motifs is 1. The molecule has 4 atom stereocenters. The van der Waals surface area contributed by atoms with Gasteiger partial charge in [-0.1, -0.05) is 13.8 Å². The Morgan fingerprint density at radius 3 is 2.69 bits per heavy atom. The third-order valence-corrected chi connectivity index (χ3v) is 4.51. The first kappa shape index (κ1) is 12.3. The summed E-state index contributed by atoms with van der Waals surface area (Å²) in [7, 11) is 1.82. The van der Waals surface area contributed by atoms with Crippen LogP contribution in [-0.2, 0) is 4.74 Å². The summed E-state index contributed by atoms with van der Waals surface area (Å²) in [5.41, 5.74) is 0. The summed E-state index contributed by atoms with van der Waals surface area (Å²) in [6, 6.07) is 1.30. The lowest BCUT2D eigenvalue weighted by atomic mass is 9.95. The highest BCUT2D eigenvalue weighted by atomic mass is 16.5. The summed E-state index contributed by atoms with van der Waals surface area (Å²) in [5.74, 6) is 2.40. The van der Waals surface area contributed by atoms with Crippen molar-refractivity contribution in [3.63, 3.8) is 0 Å². The minimum atomic E-state index is 0.589. The fourth-order valence-corrected chi connectivity index (χ4v) is 3.48. The van der Waals surface area contributed by atoms with Crippen molar-refractivity contribution in [2.75, 3.05) is 33.4 Å². The predicted molar refractivity (Wildman–Crippen MR) is 66.5 cm³/mol. The van der Waals surface area contributed by atoms with Crippen LogP contribution in [0.4, 0.5) is 0 Å². The molecule has 2 fully saturated rings. The summed E-state index contributed by atoms with van der Waals surface area (Å²) in [6.45, 7) is 11.6. The van der Waals surface area contributed by atoms with Gasteiger partial charge in [-0.05, 0) is 37.8 Å². The Morgan fingerprint density at radius 1 is 1.38 bits per heavy atom. The number of rotatable bonds is 4. The van der Waals surface area contributed by atoms with Crippen LogP contribution in [0.2, 0.25) is 0 Å². The maximum atomic E-state index is 5.39. The molecule has 0 aromatic rings. The number of hydrogen-bond donors (Lipinski definition) is 1. The molecule has 4 unspecified atom stereocenters. The van der Waals surface area contributed by atoms with Crippen LogP contribution in [-0.4, -0.2) is 50.3 Å². The monoisotopic (exact) mass is 226 g/mol. The molecule has 2 heterocycles. The average Bonchev–Trinajstić information content (AvgIpc) is 2.79. The number of ether oxygens (including phenoxy) is 1. The van der Waals surface area contributed by atoms with E-state index in [1.54, 1.807) is 0 Å². The molecule has 2 saturated heterocycles. The minimum Gasteiger partial charge on any atom is -0.383 e. The molecule has 16 heavy (non-hydrogen) atoms. The van der Waals surface area contributed by atoms with E-state index in [0.717, 1.165) is 18.4 Å². The van der Waals surface area contributed by atoms with E-state index in [1.165, 1.54) is 19.6 Å². The zero-order chi connectivity index (χ0) is 11.7. The Hall–Kier alpha value is -0.120. The first-order valence-electron chi connectivity index (χ1n) is 6.60. The molecule has 2 aliphatic heterocycles. The molecule has 0 aliphatic carbocycles. The first-order chi connectivity index (χ1) is 7.65. The van der Waals surface area contributed by atoms with Crippen LogP contribution in [0.25, 0.3) is 0 Å². The lowest BCUT2D eigenvalue weighted by Gasteiger charge is -2.35. The predicted octanol–water partition coefficient (Wildman–Crippen LogP) is 1.20. The second kappa shape index (κ2) is 5.03. The molecular weight excluding hydrogens is 200 g/mol. The summed E-state index contributed by atoms with van der Waals surface area (Å²) in [5, 5.41) is 3.52. The minimum absolute atomic E-state index is 0.589. The van der Waals surface area contributed by atoms with Gasteiger partial charge in [-0.25, -0.2) is 0 Å². The highest BCUT2D eigenvalue weighted by Gasteiger charge is 2.44. The normalized spacial score (nSPS) is 36.9. The van der Waals surface area contributed by atoms with Crippen LogP contribution >= 0.6 is 0 Å². The van der Waals surface area contributed by atoms with Crippen LogP contribution in [0.3, 0.4) is 0 Å². The summed E-state index contributed by atoms with van der Waals surface area (Å²) >= 11 is 0. The molecule has 2 aliphatic rings. The maximum Gasteiger partial charge on any atom is 0.0620 e. The molecule has 2 rings (SSSR count). The molecule has 94 valence electrons. The molecule has 0 aromatic heterocycles. The van der Waals surface area contributed by atoms with E-state index in [9.17, 15) is 0 Å². The Bertz CT molecular complexity index is 232. The lowest BCUT2D eigenvalue weighted by molar-refractivity contribution is 0.0535. The fraction of sp³-hybridized carbons (Fsp3) is 1.00. The number of hydrogen-bond acceptors (Lipinski definition) is 3. The highest BCUT2D eigenvalue weighted by molar-refractivity contribution is 4.99. The van der Waals surface area contributed by atoms with Crippen molar-refractivity contribution in [3.05, 3.63) is 0 Å². The van der Waals surface area contributed by atoms with Crippen molar-refractivity contribution in [1.82, 2.24) is 10.2 Å². The van der Waals surface area contributed by atoms with Crippen LogP contribution in [0.1, 0.15) is 20.8 Å². The van der Waals surface area contributed by atoms with Gasteiger partial charge in [0.05, 0.1) is 6.61 Å². The Labute approximate surface area is 99.5 Å². The summed E-state index contributed by atoms with van der Waals surface area (Å²) in [6.07, 6.45) is 0. The molecular formula is C13H26N2O. The van der Waals surface area contributed by atoms with Gasteiger partial charge in [0.15, 0.2) is 0 Å². The van der Waals surface area contributed by atoms with Gasteiger partial charge < -0.3 is 10.1 Å². The van der Waals surface area contributed by atoms with Gasteiger partial charge in [-0.15, -0.1) is 0 Å². The van der Waals surface area contributed by atoms with E-state index < -0.39 is 0 Å². The van der Waals surface area contributed by atoms with Crippen LogP contribution < -0.4 is 5.32 Å². The zero-order valence-electron chi connectivity index (χ0n) is 11.1. The van der Waals surface area contributed by atoms with E-state index >= 15 is 0 Å². The Kier molecular flexibility index (Phi) is 3.88. The van der Waals surface area contributed by atoms with E-state index in [0.29, 0.717) is 18.0 Å². The smallest absolute Gasteiger partial charge is 0.0620 e. The second-order valence-corrected chi connectivity index (χ2v) is 5.79. The van der Waals surface area contributed by atoms with Gasteiger partial charge in [-0.2, -0.15) is 0 Å². The quantitative estimate of drug-likeness (QED) is 0.779. The molecule has 0 amide bonds. The second-order valence-electron chi connectivity index (χ2n) is 5.79. The third kappa shape index (κ3) is 2.13. The van der Waals surface area contributed by atoms with Crippen LogP contribution in [0.15, 0.2) is 0 Å². The van der Waals surface area contributed by atoms with E-state index in [1.807, 2.05) is 7.11 Å². The van der Waals surface area contributed by atoms with Gasteiger partial charge in [0.1, 0.15) is 0 Å². The number of nitrogens with zero attached hydrogens (tertiary/aromatic N) is 1. The van der Waals surface area contributed by atoms with E-state index in [4.69, 9.17) is 4.74 Å². The average molecular weight is 226 g/mol. The molecule has 1 N–H and O–H groups in total. The van der Waals surface area contributed by atoms with Gasteiger partial charge in [0.2, 0.25) is 0 Å². The standard InChI is InChI=1S/C13H26N2O/c1-9(2)13(8-16-4)15-7-11-5-14-6-12(11)10(15)3/h9-14H,5-8H2,1-4H3. The number of methoxy groups -OCH3 is 1. The van der Waals surface area contributed by atoms with Crippen molar-refractivity contribution in [3.8, 4) is 0 Å².